The fourth-order valence-corrected chi connectivity index (χ4v) is 2.04. The van der Waals surface area contributed by atoms with Crippen LogP contribution in [0.5, 0.6) is 0 Å². The predicted octanol–water partition coefficient (Wildman–Crippen LogP) is 2.52. The lowest BCUT2D eigenvalue weighted by molar-refractivity contribution is 0.644. The van der Waals surface area contributed by atoms with Gasteiger partial charge in [0.2, 0.25) is 0 Å². The maximum absolute atomic E-state index is 5.97. The zero-order chi connectivity index (χ0) is 12.8. The van der Waals surface area contributed by atoms with E-state index in [0.717, 1.165) is 31.7 Å². The Morgan fingerprint density at radius 1 is 1.29 bits per heavy atom. The molecule has 0 radical (unpaired) electrons. The highest BCUT2D eigenvalue weighted by molar-refractivity contribution is 5.47. The van der Waals surface area contributed by atoms with Gasteiger partial charge < -0.3 is 10.6 Å². The van der Waals surface area contributed by atoms with Crippen LogP contribution in [-0.4, -0.2) is 24.1 Å². The number of nitrogens with two attached hydrogens (primary N) is 1. The van der Waals surface area contributed by atoms with Gasteiger partial charge in [-0.25, -0.2) is 4.98 Å². The third-order valence-electron chi connectivity index (χ3n) is 3.19. The van der Waals surface area contributed by atoms with Crippen molar-refractivity contribution in [2.45, 2.75) is 46.6 Å². The maximum atomic E-state index is 5.97. The molecule has 0 bridgehead atoms. The highest BCUT2D eigenvalue weighted by atomic mass is 15.2. The molecule has 17 heavy (non-hydrogen) atoms. The highest BCUT2D eigenvalue weighted by Crippen LogP contribution is 2.18. The normalized spacial score (nSPS) is 12.5. The van der Waals surface area contributed by atoms with Gasteiger partial charge in [-0.2, -0.15) is 0 Å². The molecule has 0 aliphatic rings. The van der Waals surface area contributed by atoms with E-state index in [1.807, 2.05) is 6.20 Å². The van der Waals surface area contributed by atoms with E-state index < -0.39 is 0 Å². The summed E-state index contributed by atoms with van der Waals surface area (Å²) in [5.74, 6) is 1.10. The number of aryl methyl sites for hydroxylation is 1. The second-order valence-electron chi connectivity index (χ2n) is 4.53. The van der Waals surface area contributed by atoms with Gasteiger partial charge in [0.15, 0.2) is 0 Å². The van der Waals surface area contributed by atoms with Crippen molar-refractivity contribution in [1.29, 1.82) is 0 Å². The molecule has 0 aliphatic heterocycles. The van der Waals surface area contributed by atoms with Crippen LogP contribution in [0.15, 0.2) is 12.3 Å². The molecule has 1 atom stereocenters. The zero-order valence-electron chi connectivity index (χ0n) is 11.5. The molecule has 1 aromatic heterocycles. The summed E-state index contributed by atoms with van der Waals surface area (Å²) in [6, 6.07) is 2.46. The molecule has 1 rings (SSSR count). The monoisotopic (exact) mass is 235 g/mol. The van der Waals surface area contributed by atoms with Gasteiger partial charge in [0, 0.05) is 25.3 Å². The van der Waals surface area contributed by atoms with Crippen LogP contribution in [0.4, 0.5) is 5.82 Å². The average molecular weight is 235 g/mol. The first kappa shape index (κ1) is 14.0. The first-order valence-corrected chi connectivity index (χ1v) is 6.58. The van der Waals surface area contributed by atoms with Crippen LogP contribution in [0.3, 0.4) is 0 Å². The lowest BCUT2D eigenvalue weighted by Gasteiger charge is -2.22. The minimum Gasteiger partial charge on any atom is -0.357 e. The number of rotatable bonds is 6. The summed E-state index contributed by atoms with van der Waals surface area (Å²) in [6.45, 7) is 10.6. The van der Waals surface area contributed by atoms with Crippen molar-refractivity contribution in [2.75, 3.05) is 18.0 Å². The van der Waals surface area contributed by atoms with Gasteiger partial charge in [-0.3, -0.25) is 0 Å². The van der Waals surface area contributed by atoms with Crippen LogP contribution in [0, 0.1) is 6.92 Å². The van der Waals surface area contributed by atoms with Crippen LogP contribution < -0.4 is 10.6 Å². The van der Waals surface area contributed by atoms with Gasteiger partial charge in [-0.1, -0.05) is 13.0 Å². The van der Waals surface area contributed by atoms with Gasteiger partial charge in [0.25, 0.3) is 0 Å². The van der Waals surface area contributed by atoms with E-state index in [9.17, 15) is 0 Å². The summed E-state index contributed by atoms with van der Waals surface area (Å²) in [6.07, 6.45) is 3.90. The summed E-state index contributed by atoms with van der Waals surface area (Å²) in [5.41, 5.74) is 8.46. The number of aromatic nitrogens is 1. The quantitative estimate of drug-likeness (QED) is 0.824. The van der Waals surface area contributed by atoms with Gasteiger partial charge >= 0.3 is 0 Å². The number of anilines is 1. The molecule has 1 heterocycles. The number of pyridine rings is 1. The Labute approximate surface area is 105 Å². The predicted molar refractivity (Wildman–Crippen MR) is 74.5 cm³/mol. The van der Waals surface area contributed by atoms with Crippen molar-refractivity contribution in [3.8, 4) is 0 Å². The van der Waals surface area contributed by atoms with Gasteiger partial charge in [0.05, 0.1) is 0 Å². The lowest BCUT2D eigenvalue weighted by Crippen LogP contribution is -2.25. The summed E-state index contributed by atoms with van der Waals surface area (Å²) in [4.78, 5) is 6.85. The molecule has 3 nitrogen and oxygen atoms in total. The molecule has 0 saturated heterocycles. The van der Waals surface area contributed by atoms with Crippen LogP contribution in [0.2, 0.25) is 0 Å². The SMILES string of the molecule is CCC(N)Cc1cnc(N(CC)CC)c(C)c1. The molecule has 0 aromatic carbocycles. The minimum absolute atomic E-state index is 0.246. The van der Waals surface area contributed by atoms with Crippen molar-refractivity contribution in [3.05, 3.63) is 23.4 Å². The van der Waals surface area contributed by atoms with E-state index in [1.54, 1.807) is 0 Å². The zero-order valence-corrected chi connectivity index (χ0v) is 11.5. The van der Waals surface area contributed by atoms with E-state index in [0.29, 0.717) is 0 Å². The molecule has 1 unspecified atom stereocenters. The fourth-order valence-electron chi connectivity index (χ4n) is 2.04. The summed E-state index contributed by atoms with van der Waals surface area (Å²) in [5, 5.41) is 0. The van der Waals surface area contributed by atoms with Crippen molar-refractivity contribution in [1.82, 2.24) is 4.98 Å². The second-order valence-corrected chi connectivity index (χ2v) is 4.53. The molecule has 2 N–H and O–H groups in total. The molecule has 96 valence electrons. The molecule has 0 fully saturated rings. The van der Waals surface area contributed by atoms with E-state index in [-0.39, 0.29) is 6.04 Å². The summed E-state index contributed by atoms with van der Waals surface area (Å²) in [7, 11) is 0. The van der Waals surface area contributed by atoms with Gasteiger partial charge in [-0.05, 0) is 44.7 Å². The second kappa shape index (κ2) is 6.60. The average Bonchev–Trinajstić information content (AvgIpc) is 2.33. The Morgan fingerprint density at radius 3 is 2.41 bits per heavy atom. The summed E-state index contributed by atoms with van der Waals surface area (Å²) >= 11 is 0. The molecular formula is C14H25N3. The topological polar surface area (TPSA) is 42.1 Å². The van der Waals surface area contributed by atoms with E-state index in [4.69, 9.17) is 5.73 Å². The van der Waals surface area contributed by atoms with E-state index in [1.165, 1.54) is 11.1 Å². The Bertz CT molecular complexity index is 345. The first-order chi connectivity index (χ1) is 8.12. The highest BCUT2D eigenvalue weighted by Gasteiger charge is 2.09. The maximum Gasteiger partial charge on any atom is 0.131 e. The lowest BCUT2D eigenvalue weighted by atomic mass is 10.0. The minimum atomic E-state index is 0.246. The van der Waals surface area contributed by atoms with Crippen LogP contribution in [0.1, 0.15) is 38.3 Å². The molecular weight excluding hydrogens is 210 g/mol. The van der Waals surface area contributed by atoms with Crippen molar-refractivity contribution in [2.24, 2.45) is 5.73 Å². The third-order valence-corrected chi connectivity index (χ3v) is 3.19. The number of nitrogens with zero attached hydrogens (tertiary/aromatic N) is 2. The Hall–Kier alpha value is -1.09. The standard InChI is InChI=1S/C14H25N3/c1-5-13(15)9-12-8-11(4)14(16-10-12)17(6-2)7-3/h8,10,13H,5-7,9,15H2,1-4H3. The Morgan fingerprint density at radius 2 is 1.94 bits per heavy atom. The van der Waals surface area contributed by atoms with Crippen LogP contribution >= 0.6 is 0 Å². The molecule has 3 heteroatoms. The largest absolute Gasteiger partial charge is 0.357 e. The van der Waals surface area contributed by atoms with Crippen molar-refractivity contribution >= 4 is 5.82 Å². The first-order valence-electron chi connectivity index (χ1n) is 6.58. The van der Waals surface area contributed by atoms with E-state index >= 15 is 0 Å². The Balaban J connectivity index is 2.85. The Kier molecular flexibility index (Phi) is 5.42. The molecule has 0 saturated carbocycles. The fraction of sp³-hybridized carbons (Fsp3) is 0.643. The summed E-state index contributed by atoms with van der Waals surface area (Å²) < 4.78 is 0. The van der Waals surface area contributed by atoms with Crippen molar-refractivity contribution in [3.63, 3.8) is 0 Å². The third kappa shape index (κ3) is 3.70. The smallest absolute Gasteiger partial charge is 0.131 e. The van der Waals surface area contributed by atoms with Crippen molar-refractivity contribution < 1.29 is 0 Å². The molecule has 0 aliphatic carbocycles. The van der Waals surface area contributed by atoms with Gasteiger partial charge in [0.1, 0.15) is 5.82 Å². The van der Waals surface area contributed by atoms with Gasteiger partial charge in [-0.15, -0.1) is 0 Å². The molecule has 0 amide bonds. The van der Waals surface area contributed by atoms with E-state index in [2.05, 4.69) is 43.6 Å². The molecule has 0 spiro atoms. The van der Waals surface area contributed by atoms with Crippen LogP contribution in [0.25, 0.3) is 0 Å². The number of hydrogen-bond acceptors (Lipinski definition) is 3. The number of hydrogen-bond donors (Lipinski definition) is 1. The molecule has 1 aromatic rings. The van der Waals surface area contributed by atoms with Crippen LogP contribution in [-0.2, 0) is 6.42 Å².